The Morgan fingerprint density at radius 3 is 2.81 bits per heavy atom. The van der Waals surface area contributed by atoms with Gasteiger partial charge in [-0.25, -0.2) is 9.97 Å². The smallest absolute Gasteiger partial charge is 0.312 e. The molecule has 0 spiro atoms. The van der Waals surface area contributed by atoms with Crippen LogP contribution in [0.2, 0.25) is 0 Å². The number of anilines is 1. The highest BCUT2D eigenvalue weighted by Gasteiger charge is 2.19. The fourth-order valence-electron chi connectivity index (χ4n) is 1.84. The average Bonchev–Trinajstić information content (AvgIpc) is 2.48. The molecule has 2 rings (SSSR count). The summed E-state index contributed by atoms with van der Waals surface area (Å²) in [5.41, 5.74) is 0.633. The Bertz CT molecular complexity index is 678. The molecular weight excluding hydrogens is 340 g/mol. The summed E-state index contributed by atoms with van der Waals surface area (Å²) in [5, 5.41) is 14.0. The third-order valence-electron chi connectivity index (χ3n) is 2.82. The minimum absolute atomic E-state index is 0.129. The van der Waals surface area contributed by atoms with Gasteiger partial charge in [-0.1, -0.05) is 22.9 Å². The maximum atomic E-state index is 11.1. The van der Waals surface area contributed by atoms with Crippen molar-refractivity contribution in [3.8, 4) is 11.6 Å². The maximum Gasteiger partial charge on any atom is 0.312 e. The predicted octanol–water partition coefficient (Wildman–Crippen LogP) is 3.54. The zero-order chi connectivity index (χ0) is 15.4. The molecule has 110 valence electrons. The van der Waals surface area contributed by atoms with Crippen molar-refractivity contribution in [2.75, 3.05) is 12.4 Å². The van der Waals surface area contributed by atoms with Crippen molar-refractivity contribution in [1.82, 2.24) is 9.97 Å². The summed E-state index contributed by atoms with van der Waals surface area (Å²) in [5.74, 6) is 1.09. The molecule has 0 unspecified atom stereocenters. The lowest BCUT2D eigenvalue weighted by atomic mass is 10.2. The predicted molar refractivity (Wildman–Crippen MR) is 81.8 cm³/mol. The minimum atomic E-state index is -0.494. The molecule has 1 heterocycles. The van der Waals surface area contributed by atoms with Crippen LogP contribution in [-0.2, 0) is 6.42 Å². The van der Waals surface area contributed by atoms with E-state index in [9.17, 15) is 10.1 Å². The molecule has 0 saturated heterocycles. The number of nitro benzene ring substituents is 1. The van der Waals surface area contributed by atoms with Gasteiger partial charge in [0.2, 0.25) is 11.6 Å². The van der Waals surface area contributed by atoms with E-state index in [2.05, 4.69) is 31.2 Å². The zero-order valence-electron chi connectivity index (χ0n) is 11.5. The monoisotopic (exact) mass is 352 g/mol. The van der Waals surface area contributed by atoms with E-state index < -0.39 is 4.92 Å². The van der Waals surface area contributed by atoms with Crippen LogP contribution in [0.1, 0.15) is 12.5 Å². The third kappa shape index (κ3) is 3.27. The summed E-state index contributed by atoms with van der Waals surface area (Å²) < 4.78 is 6.24. The first kappa shape index (κ1) is 15.2. The Kier molecular flexibility index (Phi) is 4.69. The lowest BCUT2D eigenvalue weighted by Crippen LogP contribution is -2.03. The Labute approximate surface area is 129 Å². The maximum absolute atomic E-state index is 11.1. The van der Waals surface area contributed by atoms with Crippen LogP contribution in [0.25, 0.3) is 0 Å². The molecule has 0 amide bonds. The Hall–Kier alpha value is -2.22. The van der Waals surface area contributed by atoms with E-state index in [0.29, 0.717) is 22.6 Å². The summed E-state index contributed by atoms with van der Waals surface area (Å²) >= 11 is 3.21. The van der Waals surface area contributed by atoms with Crippen molar-refractivity contribution in [2.45, 2.75) is 13.3 Å². The van der Waals surface area contributed by atoms with Gasteiger partial charge < -0.3 is 10.1 Å². The fourth-order valence-corrected chi connectivity index (χ4v) is 2.19. The number of benzene rings is 1. The van der Waals surface area contributed by atoms with E-state index in [1.165, 1.54) is 18.5 Å². The molecule has 1 aromatic heterocycles. The first-order chi connectivity index (χ1) is 10.1. The van der Waals surface area contributed by atoms with Crippen molar-refractivity contribution >= 4 is 27.4 Å². The highest BCUT2D eigenvalue weighted by molar-refractivity contribution is 9.10. The topological polar surface area (TPSA) is 90.2 Å². The second-order valence-corrected chi connectivity index (χ2v) is 5.00. The van der Waals surface area contributed by atoms with E-state index in [1.807, 2.05) is 6.92 Å². The first-order valence-electron chi connectivity index (χ1n) is 6.20. The quantitative estimate of drug-likeness (QED) is 0.653. The Morgan fingerprint density at radius 1 is 1.43 bits per heavy atom. The van der Waals surface area contributed by atoms with Gasteiger partial charge in [-0.05, 0) is 18.6 Å². The first-order valence-corrected chi connectivity index (χ1v) is 6.99. The SMILES string of the molecule is CCc1c(NC)ncnc1Oc1ccc(Br)cc1[N+](=O)[O-]. The highest BCUT2D eigenvalue weighted by atomic mass is 79.9. The Balaban J connectivity index is 2.46. The molecule has 0 aliphatic heterocycles. The summed E-state index contributed by atoms with van der Waals surface area (Å²) in [4.78, 5) is 18.8. The number of ether oxygens (including phenoxy) is 1. The van der Waals surface area contributed by atoms with E-state index in [0.717, 1.165) is 5.56 Å². The molecule has 0 radical (unpaired) electrons. The normalized spacial score (nSPS) is 10.2. The molecule has 8 heteroatoms. The number of hydrogen-bond acceptors (Lipinski definition) is 6. The number of nitrogens with zero attached hydrogens (tertiary/aromatic N) is 3. The number of nitro groups is 1. The molecule has 2 aromatic rings. The minimum Gasteiger partial charge on any atom is -0.431 e. The van der Waals surface area contributed by atoms with Crippen LogP contribution in [0.15, 0.2) is 29.0 Å². The van der Waals surface area contributed by atoms with Crippen molar-refractivity contribution < 1.29 is 9.66 Å². The Morgan fingerprint density at radius 2 is 2.19 bits per heavy atom. The summed E-state index contributed by atoms with van der Waals surface area (Å²) in [7, 11) is 1.74. The summed E-state index contributed by atoms with van der Waals surface area (Å²) in [6.45, 7) is 1.93. The van der Waals surface area contributed by atoms with Gasteiger partial charge in [-0.2, -0.15) is 0 Å². The second-order valence-electron chi connectivity index (χ2n) is 4.08. The van der Waals surface area contributed by atoms with Gasteiger partial charge in [0.25, 0.3) is 0 Å². The molecule has 7 nitrogen and oxygen atoms in total. The number of nitrogens with one attached hydrogen (secondary N) is 1. The van der Waals surface area contributed by atoms with E-state index in [4.69, 9.17) is 4.74 Å². The van der Waals surface area contributed by atoms with Gasteiger partial charge in [-0.15, -0.1) is 0 Å². The van der Waals surface area contributed by atoms with E-state index >= 15 is 0 Å². The van der Waals surface area contributed by atoms with Crippen LogP contribution in [-0.4, -0.2) is 21.9 Å². The molecule has 0 bridgehead atoms. The third-order valence-corrected chi connectivity index (χ3v) is 3.31. The van der Waals surface area contributed by atoms with Crippen LogP contribution in [0.5, 0.6) is 11.6 Å². The largest absolute Gasteiger partial charge is 0.431 e. The molecule has 0 aliphatic rings. The van der Waals surface area contributed by atoms with Crippen LogP contribution >= 0.6 is 15.9 Å². The number of hydrogen-bond donors (Lipinski definition) is 1. The molecule has 1 aromatic carbocycles. The lowest BCUT2D eigenvalue weighted by Gasteiger charge is -2.12. The second kappa shape index (κ2) is 6.49. The van der Waals surface area contributed by atoms with Crippen molar-refractivity contribution in [3.63, 3.8) is 0 Å². The number of aromatic nitrogens is 2. The molecule has 1 N–H and O–H groups in total. The summed E-state index contributed by atoms with van der Waals surface area (Å²) in [6.07, 6.45) is 1.99. The van der Waals surface area contributed by atoms with Crippen LogP contribution in [0.3, 0.4) is 0 Å². The molecule has 0 aliphatic carbocycles. The molecule has 21 heavy (non-hydrogen) atoms. The van der Waals surface area contributed by atoms with Crippen molar-refractivity contribution in [1.29, 1.82) is 0 Å². The van der Waals surface area contributed by atoms with Gasteiger partial charge in [0.05, 0.1) is 10.5 Å². The van der Waals surface area contributed by atoms with Crippen molar-refractivity contribution in [2.24, 2.45) is 0 Å². The van der Waals surface area contributed by atoms with Gasteiger partial charge in [0.15, 0.2) is 0 Å². The average molecular weight is 353 g/mol. The van der Waals surface area contributed by atoms with Gasteiger partial charge in [0.1, 0.15) is 12.1 Å². The molecule has 0 fully saturated rings. The summed E-state index contributed by atoms with van der Waals surface area (Å²) in [6, 6.07) is 4.60. The van der Waals surface area contributed by atoms with Gasteiger partial charge >= 0.3 is 5.69 Å². The van der Waals surface area contributed by atoms with Crippen LogP contribution < -0.4 is 10.1 Å². The highest BCUT2D eigenvalue weighted by Crippen LogP contribution is 2.35. The standard InChI is InChI=1S/C13H13BrN4O3/c1-3-9-12(15-2)16-7-17-13(9)21-11-5-4-8(14)6-10(11)18(19)20/h4-7H,3H2,1-2H3,(H,15,16,17). The van der Waals surface area contributed by atoms with Crippen LogP contribution in [0, 0.1) is 10.1 Å². The zero-order valence-corrected chi connectivity index (χ0v) is 13.0. The van der Waals surface area contributed by atoms with Crippen molar-refractivity contribution in [3.05, 3.63) is 44.7 Å². The fraction of sp³-hybridized carbons (Fsp3) is 0.231. The number of halogens is 1. The molecule has 0 saturated carbocycles. The van der Waals surface area contributed by atoms with Crippen LogP contribution in [0.4, 0.5) is 11.5 Å². The van der Waals surface area contributed by atoms with E-state index in [1.54, 1.807) is 13.1 Å². The van der Waals surface area contributed by atoms with E-state index in [-0.39, 0.29) is 11.4 Å². The number of rotatable bonds is 5. The molecular formula is C13H13BrN4O3. The lowest BCUT2D eigenvalue weighted by molar-refractivity contribution is -0.385. The van der Waals surface area contributed by atoms with Gasteiger partial charge in [-0.3, -0.25) is 10.1 Å². The molecule has 0 atom stereocenters. The van der Waals surface area contributed by atoms with Gasteiger partial charge in [0, 0.05) is 17.6 Å².